The van der Waals surface area contributed by atoms with Crippen LogP contribution in [0.25, 0.3) is 0 Å². The lowest BCUT2D eigenvalue weighted by molar-refractivity contribution is -0.167. The highest BCUT2D eigenvalue weighted by Crippen LogP contribution is 2.17. The lowest BCUT2D eigenvalue weighted by atomic mass is 10.0. The monoisotopic (exact) mass is 1140 g/mol. The van der Waals surface area contributed by atoms with E-state index in [0.29, 0.717) is 19.3 Å². The Morgan fingerprint density at radius 1 is 0.256 bits per heavy atom. The zero-order valence-corrected chi connectivity index (χ0v) is 53.7. The topological polar surface area (TPSA) is 78.9 Å². The molecule has 0 rings (SSSR count). The largest absolute Gasteiger partial charge is 0.462 e. The Kier molecular flexibility index (Phi) is 65.8. The zero-order chi connectivity index (χ0) is 59.2. The van der Waals surface area contributed by atoms with Gasteiger partial charge in [0, 0.05) is 19.3 Å². The third-order valence-corrected chi connectivity index (χ3v) is 14.7. The van der Waals surface area contributed by atoms with Crippen LogP contribution in [0.3, 0.4) is 0 Å². The van der Waals surface area contributed by atoms with Gasteiger partial charge in [0.1, 0.15) is 13.2 Å². The molecule has 0 aliphatic heterocycles. The summed E-state index contributed by atoms with van der Waals surface area (Å²) < 4.78 is 16.9. The molecule has 0 saturated heterocycles. The molecule has 1 atom stereocenters. The molecule has 0 aliphatic carbocycles. The summed E-state index contributed by atoms with van der Waals surface area (Å²) in [7, 11) is 0. The van der Waals surface area contributed by atoms with E-state index in [-0.39, 0.29) is 37.5 Å². The molecule has 82 heavy (non-hydrogen) atoms. The van der Waals surface area contributed by atoms with Gasteiger partial charge in [-0.15, -0.1) is 0 Å². The number of allylic oxidation sites excluding steroid dienone is 20. The van der Waals surface area contributed by atoms with Gasteiger partial charge in [0.05, 0.1) is 0 Å². The molecule has 0 radical (unpaired) electrons. The Labute approximate surface area is 507 Å². The molecule has 0 amide bonds. The van der Waals surface area contributed by atoms with Crippen LogP contribution in [-0.4, -0.2) is 37.2 Å². The van der Waals surface area contributed by atoms with E-state index < -0.39 is 6.10 Å². The quantitative estimate of drug-likeness (QED) is 0.0261. The maximum Gasteiger partial charge on any atom is 0.306 e. The molecule has 0 fully saturated rings. The molecule has 0 aliphatic rings. The van der Waals surface area contributed by atoms with Crippen molar-refractivity contribution < 1.29 is 28.6 Å². The van der Waals surface area contributed by atoms with Crippen molar-refractivity contribution in [3.05, 3.63) is 122 Å². The third kappa shape index (κ3) is 66.6. The van der Waals surface area contributed by atoms with Crippen LogP contribution in [0.2, 0.25) is 0 Å². The average molecular weight is 1140 g/mol. The Morgan fingerprint density at radius 2 is 0.488 bits per heavy atom. The van der Waals surface area contributed by atoms with Gasteiger partial charge in [-0.25, -0.2) is 0 Å². The number of ether oxygens (including phenoxy) is 3. The van der Waals surface area contributed by atoms with Crippen LogP contribution < -0.4 is 0 Å². The molecule has 6 nitrogen and oxygen atoms in total. The second-order valence-corrected chi connectivity index (χ2v) is 22.7. The summed E-state index contributed by atoms with van der Waals surface area (Å²) in [5.74, 6) is -0.958. The number of carbonyl (C=O) groups excluding carboxylic acids is 3. The molecule has 0 heterocycles. The van der Waals surface area contributed by atoms with Gasteiger partial charge in [0.15, 0.2) is 6.10 Å². The van der Waals surface area contributed by atoms with Crippen LogP contribution in [0.4, 0.5) is 0 Å². The van der Waals surface area contributed by atoms with Gasteiger partial charge < -0.3 is 14.2 Å². The normalized spacial score (nSPS) is 12.9. The molecular weight excluding hydrogens is 1010 g/mol. The molecule has 0 N–H and O–H groups in total. The SMILES string of the molecule is CC/C=C\C/C=C\C/C=C\C/C=C\C/C=C\C/C=C\C/C=C\C/C=C\C/C=C\CCCC(=O)OCC(COC(=O)CCCCCCC/C=C\CCCCCCC)OC(=O)CCCCCCCCCCCCCCCCCCCCCCC. The van der Waals surface area contributed by atoms with E-state index in [0.717, 1.165) is 116 Å². The minimum atomic E-state index is -0.808. The van der Waals surface area contributed by atoms with Crippen LogP contribution in [-0.2, 0) is 28.6 Å². The molecule has 0 aromatic heterocycles. The van der Waals surface area contributed by atoms with E-state index in [2.05, 4.69) is 142 Å². The van der Waals surface area contributed by atoms with Crippen LogP contribution in [0, 0.1) is 0 Å². The van der Waals surface area contributed by atoms with E-state index in [4.69, 9.17) is 14.2 Å². The smallest absolute Gasteiger partial charge is 0.306 e. The van der Waals surface area contributed by atoms with Gasteiger partial charge >= 0.3 is 17.9 Å². The molecule has 0 aromatic rings. The van der Waals surface area contributed by atoms with Gasteiger partial charge in [-0.05, 0) is 109 Å². The fourth-order valence-corrected chi connectivity index (χ4v) is 9.56. The van der Waals surface area contributed by atoms with Crippen molar-refractivity contribution in [1.29, 1.82) is 0 Å². The van der Waals surface area contributed by atoms with Crippen molar-refractivity contribution in [2.45, 2.75) is 329 Å². The van der Waals surface area contributed by atoms with Crippen molar-refractivity contribution in [2.75, 3.05) is 13.2 Å². The number of hydrogen-bond donors (Lipinski definition) is 0. The maximum atomic E-state index is 12.9. The second-order valence-electron chi connectivity index (χ2n) is 22.7. The molecule has 0 bridgehead atoms. The fourth-order valence-electron chi connectivity index (χ4n) is 9.56. The molecule has 0 saturated carbocycles. The lowest BCUT2D eigenvalue weighted by Crippen LogP contribution is -2.30. The van der Waals surface area contributed by atoms with E-state index in [1.54, 1.807) is 0 Å². The van der Waals surface area contributed by atoms with Crippen LogP contribution >= 0.6 is 0 Å². The first-order chi connectivity index (χ1) is 40.5. The summed E-state index contributed by atoms with van der Waals surface area (Å²) in [5.41, 5.74) is 0. The van der Waals surface area contributed by atoms with E-state index in [1.807, 2.05) is 0 Å². The second kappa shape index (κ2) is 69.3. The van der Waals surface area contributed by atoms with Crippen molar-refractivity contribution in [3.8, 4) is 0 Å². The van der Waals surface area contributed by atoms with E-state index in [9.17, 15) is 14.4 Å². The van der Waals surface area contributed by atoms with Gasteiger partial charge in [-0.2, -0.15) is 0 Å². The van der Waals surface area contributed by atoms with Gasteiger partial charge in [0.25, 0.3) is 0 Å². The van der Waals surface area contributed by atoms with Gasteiger partial charge in [-0.3, -0.25) is 14.4 Å². The minimum Gasteiger partial charge on any atom is -0.462 e. The highest BCUT2D eigenvalue weighted by Gasteiger charge is 2.19. The first-order valence-electron chi connectivity index (χ1n) is 34.5. The molecule has 0 aromatic carbocycles. The van der Waals surface area contributed by atoms with Crippen LogP contribution in [0.15, 0.2) is 122 Å². The number of carbonyl (C=O) groups is 3. The van der Waals surface area contributed by atoms with E-state index >= 15 is 0 Å². The molecule has 1 unspecified atom stereocenters. The molecule has 468 valence electrons. The summed E-state index contributed by atoms with van der Waals surface area (Å²) in [6, 6.07) is 0. The Morgan fingerprint density at radius 3 is 0.805 bits per heavy atom. The van der Waals surface area contributed by atoms with Crippen molar-refractivity contribution in [1.82, 2.24) is 0 Å². The van der Waals surface area contributed by atoms with Crippen molar-refractivity contribution in [2.24, 2.45) is 0 Å². The van der Waals surface area contributed by atoms with Crippen LogP contribution in [0.5, 0.6) is 0 Å². The Balaban J connectivity index is 4.43. The summed E-state index contributed by atoms with van der Waals surface area (Å²) in [5, 5.41) is 0. The Hall–Kier alpha value is -4.19. The lowest BCUT2D eigenvalue weighted by Gasteiger charge is -2.18. The third-order valence-electron chi connectivity index (χ3n) is 14.7. The first kappa shape index (κ1) is 77.8. The van der Waals surface area contributed by atoms with Crippen molar-refractivity contribution in [3.63, 3.8) is 0 Å². The molecule has 6 heteroatoms. The summed E-state index contributed by atoms with van der Waals surface area (Å²) in [6.45, 7) is 6.50. The predicted octanol–water partition coefficient (Wildman–Crippen LogP) is 23.9. The summed E-state index contributed by atoms with van der Waals surface area (Å²) in [6.07, 6.45) is 96.5. The highest BCUT2D eigenvalue weighted by atomic mass is 16.6. The summed E-state index contributed by atoms with van der Waals surface area (Å²) in [4.78, 5) is 38.4. The minimum absolute atomic E-state index is 0.0996. The Bertz CT molecular complexity index is 1690. The van der Waals surface area contributed by atoms with Crippen LogP contribution in [0.1, 0.15) is 323 Å². The highest BCUT2D eigenvalue weighted by molar-refractivity contribution is 5.71. The summed E-state index contributed by atoms with van der Waals surface area (Å²) >= 11 is 0. The van der Waals surface area contributed by atoms with Gasteiger partial charge in [-0.1, -0.05) is 316 Å². The number of esters is 3. The number of rotatable bonds is 62. The fraction of sp³-hybridized carbons (Fsp3) is 0.697. The van der Waals surface area contributed by atoms with E-state index in [1.165, 1.54) is 161 Å². The van der Waals surface area contributed by atoms with Gasteiger partial charge in [0.2, 0.25) is 0 Å². The van der Waals surface area contributed by atoms with Crippen molar-refractivity contribution >= 4 is 17.9 Å². The zero-order valence-electron chi connectivity index (χ0n) is 53.7. The average Bonchev–Trinajstić information content (AvgIpc) is 3.47. The molecular formula is C76H128O6. The maximum absolute atomic E-state index is 12.9. The standard InChI is InChI=1S/C76H128O6/c1-4-7-10-13-16-19-22-25-28-30-32-34-35-36-37-38-39-40-41-43-44-46-48-51-54-57-60-63-66-69-75(78)81-72-73(71-80-74(77)68-65-62-59-56-53-50-27-24-21-18-15-12-9-6-3)82-76(79)70-67-64-61-58-55-52-49-47-45-42-33-31-29-26-23-20-17-14-11-8-5-2/h7,10,16,19,24-25,27-28,32,34,36-37,39-40,43-44,48,51,57,60,73H,4-6,8-9,11-15,17-18,20-23,26,29-31,33,35,38,41-42,45-47,49-50,52-56,58-59,61-72H2,1-3H3/b10-7-,19-16-,27-24-,28-25-,34-32-,37-36-,40-39-,44-43-,51-48-,60-57-. The first-order valence-corrected chi connectivity index (χ1v) is 34.5. The molecule has 0 spiro atoms. The number of hydrogen-bond acceptors (Lipinski definition) is 6. The predicted molar refractivity (Wildman–Crippen MR) is 357 cm³/mol. The number of unbranched alkanes of at least 4 members (excludes halogenated alkanes) is 31.